The maximum Gasteiger partial charge on any atom is 0.418 e. The van der Waals surface area contributed by atoms with Crippen LogP contribution in [0.15, 0.2) is 84.6 Å². The van der Waals surface area contributed by atoms with Crippen LogP contribution in [0.5, 0.6) is 11.5 Å². The van der Waals surface area contributed by atoms with Gasteiger partial charge in [-0.05, 0) is 72.2 Å². The number of aromatic hydroxyl groups is 2. The first-order chi connectivity index (χ1) is 27.1. The largest absolute Gasteiger partial charge is 0.507 e. The number of ketones is 2. The van der Waals surface area contributed by atoms with E-state index < -0.39 is 92.4 Å². The van der Waals surface area contributed by atoms with Crippen LogP contribution in [-0.2, 0) is 21.9 Å². The molecule has 6 N–H and O–H groups in total. The Morgan fingerprint density at radius 2 is 0.879 bits per heavy atom. The number of hydrogen-bond acceptors (Lipinski definition) is 8. The van der Waals surface area contributed by atoms with E-state index >= 15 is 0 Å². The van der Waals surface area contributed by atoms with Gasteiger partial charge in [-0.1, -0.05) is 64.1 Å². The van der Waals surface area contributed by atoms with Crippen molar-refractivity contribution in [3.05, 3.63) is 129 Å². The molecule has 0 unspecified atom stereocenters. The Bertz CT molecular complexity index is 2370. The van der Waals surface area contributed by atoms with Crippen LogP contribution in [-0.4, -0.2) is 32.0 Å². The number of para-hydroxylation sites is 2. The highest BCUT2D eigenvalue weighted by Crippen LogP contribution is 2.54. The summed E-state index contributed by atoms with van der Waals surface area (Å²) < 4.78 is 83.3. The number of nitrogens with one attached hydrogen (secondary N) is 2. The van der Waals surface area contributed by atoms with E-state index in [1.807, 2.05) is 0 Å². The fourth-order valence-corrected chi connectivity index (χ4v) is 7.64. The van der Waals surface area contributed by atoms with Gasteiger partial charge in [0.25, 0.3) is 0 Å². The van der Waals surface area contributed by atoms with Crippen molar-refractivity contribution in [2.24, 2.45) is 11.8 Å². The van der Waals surface area contributed by atoms with Gasteiger partial charge in [-0.25, -0.2) is 0 Å². The third-order valence-electron chi connectivity index (χ3n) is 10.2. The normalized spacial score (nSPS) is 16.2. The van der Waals surface area contributed by atoms with Crippen LogP contribution in [0.2, 0.25) is 0 Å². The highest BCUT2D eigenvalue weighted by molar-refractivity contribution is 6.35. The van der Waals surface area contributed by atoms with E-state index in [0.29, 0.717) is 11.1 Å². The molecule has 0 saturated heterocycles. The van der Waals surface area contributed by atoms with Crippen molar-refractivity contribution in [3.8, 4) is 22.6 Å². The maximum atomic E-state index is 13.9. The number of fused-ring (bicyclic) bond motifs is 2. The number of alkyl halides is 6. The molecule has 0 heterocycles. The Labute approximate surface area is 329 Å². The first kappa shape index (κ1) is 41.2. The van der Waals surface area contributed by atoms with Gasteiger partial charge in [0.1, 0.15) is 11.5 Å². The van der Waals surface area contributed by atoms with Gasteiger partial charge < -0.3 is 31.1 Å². The molecule has 2 aliphatic carbocycles. The standard InChI is InChI=1S/C44H38F6N2O6/c1-19(2)31-23-15-21(5)33(39(55)35(23)25(37(53)41(31)57)17-51-29-13-9-7-11-27(29)43(45,46)47)34-22(6)16-24-32(20(3)4)42(58)38(54)26(36(24)40(34)56)18-52-30-14-10-8-12-28(30)44(48,49)50/h7-20,51-52,55-58H,1-6H3/b25-17-,26-18-. The quantitative estimate of drug-likeness (QED) is 0.0802. The van der Waals surface area contributed by atoms with Crippen LogP contribution in [0.1, 0.15) is 72.2 Å². The average Bonchev–Trinajstić information content (AvgIpc) is 3.13. The van der Waals surface area contributed by atoms with Crippen molar-refractivity contribution >= 4 is 45.2 Å². The van der Waals surface area contributed by atoms with Crippen molar-refractivity contribution in [3.63, 3.8) is 0 Å². The average molecular weight is 805 g/mol. The first-order valence-corrected chi connectivity index (χ1v) is 18.0. The minimum Gasteiger partial charge on any atom is -0.507 e. The molecule has 2 aliphatic rings. The topological polar surface area (TPSA) is 139 Å². The summed E-state index contributed by atoms with van der Waals surface area (Å²) in [5.74, 6) is -5.56. The lowest BCUT2D eigenvalue weighted by Gasteiger charge is -2.29. The second kappa shape index (κ2) is 14.8. The van der Waals surface area contributed by atoms with Crippen LogP contribution >= 0.6 is 0 Å². The molecule has 14 heteroatoms. The number of rotatable bonds is 7. The molecule has 0 aliphatic heterocycles. The molecule has 58 heavy (non-hydrogen) atoms. The van der Waals surface area contributed by atoms with Gasteiger partial charge in [0.2, 0.25) is 11.6 Å². The minimum absolute atomic E-state index is 0.0533. The number of phenols is 2. The van der Waals surface area contributed by atoms with Crippen molar-refractivity contribution in [2.75, 3.05) is 10.6 Å². The Balaban J connectivity index is 1.63. The fourth-order valence-electron chi connectivity index (χ4n) is 7.64. The van der Waals surface area contributed by atoms with Gasteiger partial charge in [0, 0.05) is 45.8 Å². The zero-order valence-corrected chi connectivity index (χ0v) is 32.0. The van der Waals surface area contributed by atoms with Gasteiger partial charge in [0.15, 0.2) is 11.5 Å². The smallest absolute Gasteiger partial charge is 0.418 e. The number of carbonyl (C=O) groups excluding carboxylic acids is 2. The van der Waals surface area contributed by atoms with Gasteiger partial charge in [-0.3, -0.25) is 9.59 Å². The number of aryl methyl sites for hydroxylation is 2. The molecule has 302 valence electrons. The number of allylic oxidation sites excluding steroid dienone is 4. The van der Waals surface area contributed by atoms with Crippen LogP contribution < -0.4 is 10.6 Å². The number of Topliss-reactive ketones (excluding diaryl/α,β-unsaturated/α-hetero) is 2. The summed E-state index contributed by atoms with van der Waals surface area (Å²) >= 11 is 0. The molecule has 0 bridgehead atoms. The van der Waals surface area contributed by atoms with E-state index in [9.17, 15) is 56.4 Å². The number of phenolic OH excluding ortho intramolecular Hbond substituents is 2. The van der Waals surface area contributed by atoms with Crippen LogP contribution in [0.25, 0.3) is 33.4 Å². The van der Waals surface area contributed by atoms with E-state index in [-0.39, 0.29) is 44.5 Å². The number of benzene rings is 4. The highest BCUT2D eigenvalue weighted by Gasteiger charge is 2.40. The summed E-state index contributed by atoms with van der Waals surface area (Å²) in [6.07, 6.45) is -7.65. The summed E-state index contributed by atoms with van der Waals surface area (Å²) in [7, 11) is 0. The fraction of sp³-hybridized carbons (Fsp3) is 0.227. The van der Waals surface area contributed by atoms with E-state index in [1.165, 1.54) is 24.3 Å². The summed E-state index contributed by atoms with van der Waals surface area (Å²) in [5.41, 5.74) is -2.89. The molecular formula is C44H38F6N2O6. The molecule has 0 fully saturated rings. The van der Waals surface area contributed by atoms with Crippen LogP contribution in [0.3, 0.4) is 0 Å². The minimum atomic E-state index is -4.77. The zero-order chi connectivity index (χ0) is 42.8. The number of hydrogen-bond donors (Lipinski definition) is 6. The molecule has 0 amide bonds. The van der Waals surface area contributed by atoms with Crippen molar-refractivity contribution in [2.45, 2.75) is 53.9 Å². The summed E-state index contributed by atoms with van der Waals surface area (Å²) in [4.78, 5) is 27.7. The molecule has 0 radical (unpaired) electrons. The second-order valence-electron chi connectivity index (χ2n) is 14.7. The van der Waals surface area contributed by atoms with E-state index in [4.69, 9.17) is 0 Å². The summed E-state index contributed by atoms with van der Waals surface area (Å²) in [6, 6.07) is 12.1. The van der Waals surface area contributed by atoms with Crippen molar-refractivity contribution < 1.29 is 56.4 Å². The lowest BCUT2D eigenvalue weighted by molar-refractivity contribution is -0.137. The number of aliphatic hydroxyl groups is 2. The molecule has 0 aromatic heterocycles. The van der Waals surface area contributed by atoms with Gasteiger partial charge in [0.05, 0.1) is 33.6 Å². The molecule has 6 rings (SSSR count). The first-order valence-electron chi connectivity index (χ1n) is 18.0. The highest BCUT2D eigenvalue weighted by atomic mass is 19.4. The van der Waals surface area contributed by atoms with E-state index in [2.05, 4.69) is 10.6 Å². The molecular weight excluding hydrogens is 766 g/mol. The van der Waals surface area contributed by atoms with Crippen LogP contribution in [0.4, 0.5) is 37.7 Å². The summed E-state index contributed by atoms with van der Waals surface area (Å²) in [6.45, 7) is 9.91. The summed E-state index contributed by atoms with van der Waals surface area (Å²) in [5, 5.41) is 51.9. The van der Waals surface area contributed by atoms with Crippen LogP contribution in [0, 0.1) is 25.7 Å². The Hall–Kier alpha value is -6.44. The van der Waals surface area contributed by atoms with E-state index in [1.54, 1.807) is 53.7 Å². The lowest BCUT2D eigenvalue weighted by atomic mass is 9.75. The predicted molar refractivity (Wildman–Crippen MR) is 210 cm³/mol. The predicted octanol–water partition coefficient (Wildman–Crippen LogP) is 11.3. The van der Waals surface area contributed by atoms with Gasteiger partial charge in [-0.2, -0.15) is 26.3 Å². The third-order valence-corrected chi connectivity index (χ3v) is 10.2. The van der Waals surface area contributed by atoms with Gasteiger partial charge >= 0.3 is 12.4 Å². The van der Waals surface area contributed by atoms with Crippen molar-refractivity contribution in [1.29, 1.82) is 0 Å². The SMILES string of the molecule is Cc1cc2c(c(O)c1-c1c(C)cc3c(c1O)/C(=C/Nc1ccccc1C(F)(F)F)C(=O)C(O)=C3C(C)C)/C(=C/Nc1ccccc1C(F)(F)F)C(=O)C(O)=C2C(C)C. The molecule has 0 saturated carbocycles. The molecule has 8 nitrogen and oxygen atoms in total. The Morgan fingerprint density at radius 3 is 1.19 bits per heavy atom. The van der Waals surface area contributed by atoms with Gasteiger partial charge in [-0.15, -0.1) is 0 Å². The number of carbonyl (C=O) groups is 2. The monoisotopic (exact) mass is 804 g/mol. The molecule has 4 aromatic rings. The second-order valence-corrected chi connectivity index (χ2v) is 14.7. The molecule has 4 aromatic carbocycles. The number of aliphatic hydroxyl groups excluding tert-OH is 2. The number of anilines is 2. The Kier molecular flexibility index (Phi) is 10.5. The Morgan fingerprint density at radius 1 is 0.552 bits per heavy atom. The lowest BCUT2D eigenvalue weighted by Crippen LogP contribution is -2.20. The maximum absolute atomic E-state index is 13.9. The third kappa shape index (κ3) is 6.96. The number of halogens is 6. The zero-order valence-electron chi connectivity index (χ0n) is 32.0. The van der Waals surface area contributed by atoms with Crippen molar-refractivity contribution in [1.82, 2.24) is 0 Å². The van der Waals surface area contributed by atoms with E-state index in [0.717, 1.165) is 36.7 Å². The molecule has 0 spiro atoms. The molecule has 0 atom stereocenters.